The van der Waals surface area contributed by atoms with Crippen LogP contribution < -0.4 is 15.5 Å². The van der Waals surface area contributed by atoms with Gasteiger partial charge in [-0.2, -0.15) is 5.26 Å². The van der Waals surface area contributed by atoms with E-state index in [0.29, 0.717) is 35.2 Å². The molecular weight excluding hydrogens is 482 g/mol. The van der Waals surface area contributed by atoms with Crippen molar-refractivity contribution in [3.05, 3.63) is 83.4 Å². The van der Waals surface area contributed by atoms with Crippen LogP contribution in [0.2, 0.25) is 0 Å². The van der Waals surface area contributed by atoms with Gasteiger partial charge in [0.2, 0.25) is 5.95 Å². The third-order valence-electron chi connectivity index (χ3n) is 5.63. The molecule has 9 nitrogen and oxygen atoms in total. The van der Waals surface area contributed by atoms with E-state index in [1.54, 1.807) is 29.8 Å². The number of halogens is 2. The predicted octanol–water partition coefficient (Wildman–Crippen LogP) is 4.49. The molecule has 1 aromatic heterocycles. The van der Waals surface area contributed by atoms with Crippen LogP contribution >= 0.6 is 0 Å². The molecule has 1 heterocycles. The quantitative estimate of drug-likeness (QED) is 0.342. The first-order valence-corrected chi connectivity index (χ1v) is 11.2. The van der Waals surface area contributed by atoms with Gasteiger partial charge in [0.05, 0.1) is 28.4 Å². The molecule has 3 N–H and O–H groups in total. The molecule has 0 spiro atoms. The summed E-state index contributed by atoms with van der Waals surface area (Å²) < 4.78 is 29.1. The van der Waals surface area contributed by atoms with Crippen LogP contribution in [0.3, 0.4) is 0 Å². The molecule has 3 aromatic carbocycles. The van der Waals surface area contributed by atoms with Crippen molar-refractivity contribution in [2.45, 2.75) is 13.0 Å². The molecule has 0 saturated heterocycles. The number of aryl methyl sites for hydroxylation is 1. The second kappa shape index (κ2) is 10.8. The molecule has 0 radical (unpaired) electrons. The van der Waals surface area contributed by atoms with E-state index in [0.717, 1.165) is 6.07 Å². The Hall–Kier alpha value is -4.82. The topological polar surface area (TPSA) is 123 Å². The van der Waals surface area contributed by atoms with E-state index in [4.69, 9.17) is 5.26 Å². The fraction of sp³-hybridized carbons (Fsp3) is 0.154. The molecule has 11 heteroatoms. The first kappa shape index (κ1) is 25.3. The predicted molar refractivity (Wildman–Crippen MR) is 134 cm³/mol. The minimum Gasteiger partial charge on any atom is -0.396 e. The number of nitriles is 1. The van der Waals surface area contributed by atoms with Crippen LogP contribution in [0.15, 0.2) is 60.7 Å². The van der Waals surface area contributed by atoms with E-state index >= 15 is 0 Å². The summed E-state index contributed by atoms with van der Waals surface area (Å²) >= 11 is 0. The Labute approximate surface area is 210 Å². The minimum atomic E-state index is -0.763. The number of imidazole rings is 1. The number of rotatable bonds is 7. The lowest BCUT2D eigenvalue weighted by molar-refractivity contribution is 0.0993. The van der Waals surface area contributed by atoms with Gasteiger partial charge in [-0.3, -0.25) is 10.1 Å². The SMILES string of the molecule is CN(C(=O)c1ccc(F)cc1)c1ccc2c(c1)nc(NC(=O)Nc1ccc(C#N)cc1F)n2CCCO. The summed E-state index contributed by atoms with van der Waals surface area (Å²) in [5, 5.41) is 23.2. The number of aromatic nitrogens is 2. The molecule has 188 valence electrons. The Kier molecular flexibility index (Phi) is 7.41. The van der Waals surface area contributed by atoms with E-state index < -0.39 is 17.7 Å². The lowest BCUT2D eigenvalue weighted by Gasteiger charge is -2.17. The van der Waals surface area contributed by atoms with Crippen molar-refractivity contribution in [1.29, 1.82) is 5.26 Å². The molecule has 0 atom stereocenters. The summed E-state index contributed by atoms with van der Waals surface area (Å²) in [7, 11) is 1.58. The molecule has 0 saturated carbocycles. The molecule has 37 heavy (non-hydrogen) atoms. The summed E-state index contributed by atoms with van der Waals surface area (Å²) in [6, 6.07) is 15.0. The maximum atomic E-state index is 14.2. The zero-order valence-corrected chi connectivity index (χ0v) is 19.7. The molecule has 0 aliphatic heterocycles. The third kappa shape index (κ3) is 5.55. The van der Waals surface area contributed by atoms with Crippen LogP contribution in [-0.4, -0.2) is 40.3 Å². The van der Waals surface area contributed by atoms with Gasteiger partial charge in [0.1, 0.15) is 11.6 Å². The third-order valence-corrected chi connectivity index (χ3v) is 5.63. The van der Waals surface area contributed by atoms with Crippen LogP contribution in [0.1, 0.15) is 22.3 Å². The van der Waals surface area contributed by atoms with E-state index in [1.807, 2.05) is 6.07 Å². The van der Waals surface area contributed by atoms with E-state index in [2.05, 4.69) is 15.6 Å². The molecule has 0 aliphatic rings. The fourth-order valence-electron chi connectivity index (χ4n) is 3.72. The maximum Gasteiger partial charge on any atom is 0.326 e. The Bertz CT molecular complexity index is 1510. The molecule has 0 unspecified atom stereocenters. The van der Waals surface area contributed by atoms with Gasteiger partial charge in [-0.15, -0.1) is 0 Å². The monoisotopic (exact) mass is 504 g/mol. The van der Waals surface area contributed by atoms with E-state index in [9.17, 15) is 23.5 Å². The average Bonchev–Trinajstić information content (AvgIpc) is 3.23. The van der Waals surface area contributed by atoms with Gasteiger partial charge in [-0.25, -0.2) is 18.6 Å². The summed E-state index contributed by atoms with van der Waals surface area (Å²) in [6.07, 6.45) is 0.386. The number of hydrogen-bond donors (Lipinski definition) is 3. The number of hydrogen-bond acceptors (Lipinski definition) is 5. The van der Waals surface area contributed by atoms with Gasteiger partial charge in [0.15, 0.2) is 0 Å². The van der Waals surface area contributed by atoms with Crippen LogP contribution in [0.4, 0.5) is 30.9 Å². The van der Waals surface area contributed by atoms with Gasteiger partial charge in [-0.1, -0.05) is 0 Å². The number of carbonyl (C=O) groups excluding carboxylic acids is 2. The molecule has 4 aromatic rings. The minimum absolute atomic E-state index is 0.0885. The normalized spacial score (nSPS) is 10.7. The number of amides is 3. The number of carbonyl (C=O) groups is 2. The zero-order chi connectivity index (χ0) is 26.5. The molecule has 3 amide bonds. The van der Waals surface area contributed by atoms with Gasteiger partial charge < -0.3 is 19.9 Å². The van der Waals surface area contributed by atoms with Crippen molar-refractivity contribution in [2.24, 2.45) is 0 Å². The first-order valence-electron chi connectivity index (χ1n) is 11.2. The second-order valence-corrected chi connectivity index (χ2v) is 8.09. The van der Waals surface area contributed by atoms with Crippen molar-refractivity contribution in [1.82, 2.24) is 9.55 Å². The number of benzene rings is 3. The number of anilines is 3. The highest BCUT2D eigenvalue weighted by atomic mass is 19.1. The van der Waals surface area contributed by atoms with Gasteiger partial charge in [0, 0.05) is 31.5 Å². The lowest BCUT2D eigenvalue weighted by Crippen LogP contribution is -2.26. The van der Waals surface area contributed by atoms with Crippen LogP contribution in [-0.2, 0) is 6.54 Å². The van der Waals surface area contributed by atoms with E-state index in [-0.39, 0.29) is 29.7 Å². The van der Waals surface area contributed by atoms with Crippen molar-refractivity contribution in [3.63, 3.8) is 0 Å². The van der Waals surface area contributed by atoms with Gasteiger partial charge >= 0.3 is 6.03 Å². The molecular formula is C26H22F2N6O3. The van der Waals surface area contributed by atoms with E-state index in [1.165, 1.54) is 41.3 Å². The number of nitrogens with one attached hydrogen (secondary N) is 2. The Morgan fingerprint density at radius 1 is 1.08 bits per heavy atom. The second-order valence-electron chi connectivity index (χ2n) is 8.09. The largest absolute Gasteiger partial charge is 0.396 e. The maximum absolute atomic E-state index is 14.2. The number of fused-ring (bicyclic) bond motifs is 1. The smallest absolute Gasteiger partial charge is 0.326 e. The first-order chi connectivity index (χ1) is 17.8. The summed E-state index contributed by atoms with van der Waals surface area (Å²) in [6.45, 7) is 0.242. The summed E-state index contributed by atoms with van der Waals surface area (Å²) in [5.41, 5.74) is 1.94. The number of urea groups is 1. The molecule has 0 aliphatic carbocycles. The van der Waals surface area contributed by atoms with Crippen LogP contribution in [0, 0.1) is 23.0 Å². The van der Waals surface area contributed by atoms with Gasteiger partial charge in [0.25, 0.3) is 5.91 Å². The molecule has 0 fully saturated rings. The Morgan fingerprint density at radius 2 is 1.84 bits per heavy atom. The molecule has 4 rings (SSSR count). The molecule has 0 bridgehead atoms. The van der Waals surface area contributed by atoms with Crippen molar-refractivity contribution in [2.75, 3.05) is 29.2 Å². The van der Waals surface area contributed by atoms with Crippen molar-refractivity contribution in [3.8, 4) is 6.07 Å². The fourth-order valence-corrected chi connectivity index (χ4v) is 3.72. The average molecular weight is 504 g/mol. The zero-order valence-electron chi connectivity index (χ0n) is 19.7. The standard InChI is InChI=1S/C26H22F2N6O3/c1-33(24(36)17-4-6-18(27)7-5-17)19-8-10-23-22(14-19)30-25(34(23)11-2-12-35)32-26(37)31-21-9-3-16(15-29)13-20(21)28/h3-10,13-14,35H,2,11-12H2,1H3,(H2,30,31,32,37). The van der Waals surface area contributed by atoms with Crippen LogP contribution in [0.5, 0.6) is 0 Å². The highest BCUT2D eigenvalue weighted by molar-refractivity contribution is 6.06. The van der Waals surface area contributed by atoms with Crippen molar-refractivity contribution >= 4 is 40.3 Å². The number of nitrogens with zero attached hydrogens (tertiary/aromatic N) is 4. The number of aliphatic hydroxyl groups excluding tert-OH is 1. The summed E-state index contributed by atoms with van der Waals surface area (Å²) in [5.74, 6) is -1.40. The van der Waals surface area contributed by atoms with Gasteiger partial charge in [-0.05, 0) is 67.1 Å². The highest BCUT2D eigenvalue weighted by Crippen LogP contribution is 2.26. The Morgan fingerprint density at radius 3 is 2.51 bits per heavy atom. The lowest BCUT2D eigenvalue weighted by atomic mass is 10.2. The van der Waals surface area contributed by atoms with Crippen molar-refractivity contribution < 1.29 is 23.5 Å². The van der Waals surface area contributed by atoms with Crippen LogP contribution in [0.25, 0.3) is 11.0 Å². The summed E-state index contributed by atoms with van der Waals surface area (Å²) in [4.78, 5) is 31.3. The number of aliphatic hydroxyl groups is 1. The highest BCUT2D eigenvalue weighted by Gasteiger charge is 2.18. The Balaban J connectivity index is 1.60.